The number of thiocarbonyl (C=S) groups is 1. The van der Waals surface area contributed by atoms with Crippen molar-refractivity contribution in [2.75, 3.05) is 6.54 Å². The maximum absolute atomic E-state index is 12.4. The summed E-state index contributed by atoms with van der Waals surface area (Å²) in [5, 5.41) is 2.56. The molecule has 156 valence electrons. The van der Waals surface area contributed by atoms with Crippen LogP contribution in [0.5, 0.6) is 5.75 Å². The predicted molar refractivity (Wildman–Crippen MR) is 124 cm³/mol. The van der Waals surface area contributed by atoms with Crippen molar-refractivity contribution in [2.45, 2.75) is 29.8 Å². The highest BCUT2D eigenvalue weighted by molar-refractivity contribution is 8.26. The summed E-state index contributed by atoms with van der Waals surface area (Å²) in [5.41, 5.74) is 0.775. The molecule has 5 nitrogen and oxygen atoms in total. The van der Waals surface area contributed by atoms with Crippen molar-refractivity contribution < 1.29 is 14.3 Å². The third-order valence-electron chi connectivity index (χ3n) is 3.68. The maximum Gasteiger partial charge on any atom is 0.266 e. The van der Waals surface area contributed by atoms with E-state index in [-0.39, 0.29) is 11.8 Å². The molecule has 0 aromatic heterocycles. The van der Waals surface area contributed by atoms with Crippen molar-refractivity contribution >= 4 is 81.0 Å². The number of ether oxygens (including phenoxy) is 1. The minimum Gasteiger partial charge on any atom is -0.466 e. The average molecular weight is 494 g/mol. The highest BCUT2D eigenvalue weighted by Crippen LogP contribution is 2.34. The molecule has 29 heavy (non-hydrogen) atoms. The molecule has 0 saturated carbocycles. The zero-order valence-electron chi connectivity index (χ0n) is 15.5. The first kappa shape index (κ1) is 24.0. The van der Waals surface area contributed by atoms with Crippen LogP contribution in [0.25, 0.3) is 6.08 Å². The normalized spacial score (nSPS) is 16.8. The van der Waals surface area contributed by atoms with Crippen molar-refractivity contribution in [1.29, 1.82) is 0 Å². The monoisotopic (exact) mass is 492 g/mol. The number of amides is 2. The van der Waals surface area contributed by atoms with E-state index in [1.54, 1.807) is 36.4 Å². The van der Waals surface area contributed by atoms with Gasteiger partial charge < -0.3 is 10.1 Å². The SMILES string of the molecule is C=CCN1C(=O)/C(=C/c2ccc(O[C@H](NC(=O)CCC)C(Cl)(Cl)Cl)cc2)SC1=S. The lowest BCUT2D eigenvalue weighted by atomic mass is 10.2. The van der Waals surface area contributed by atoms with Gasteiger partial charge in [-0.05, 0) is 30.2 Å². The Hall–Kier alpha value is -1.25. The Morgan fingerprint density at radius 1 is 1.38 bits per heavy atom. The predicted octanol–water partition coefficient (Wildman–Crippen LogP) is 5.07. The van der Waals surface area contributed by atoms with Crippen LogP contribution in [0, 0.1) is 0 Å². The maximum atomic E-state index is 12.4. The molecule has 1 saturated heterocycles. The van der Waals surface area contributed by atoms with Gasteiger partial charge in [-0.15, -0.1) is 6.58 Å². The third-order valence-corrected chi connectivity index (χ3v) is 5.66. The molecule has 0 unspecified atom stereocenters. The van der Waals surface area contributed by atoms with Gasteiger partial charge in [-0.25, -0.2) is 0 Å². The van der Waals surface area contributed by atoms with Crippen LogP contribution in [0.4, 0.5) is 0 Å². The summed E-state index contributed by atoms with van der Waals surface area (Å²) >= 11 is 24.2. The van der Waals surface area contributed by atoms with E-state index in [1.807, 2.05) is 6.92 Å². The van der Waals surface area contributed by atoms with Crippen LogP contribution in [0.15, 0.2) is 41.8 Å². The van der Waals surface area contributed by atoms with Gasteiger partial charge in [0, 0.05) is 13.0 Å². The summed E-state index contributed by atoms with van der Waals surface area (Å²) in [7, 11) is 0. The second-order valence-electron chi connectivity index (χ2n) is 6.01. The zero-order valence-corrected chi connectivity index (χ0v) is 19.4. The standard InChI is InChI=1S/C19H19Cl3N2O3S2/c1-3-5-15(25)23-17(19(20,21)22)27-13-8-6-12(7-9-13)11-14-16(26)24(10-4-2)18(28)29-14/h4,6-9,11,17H,2-3,5,10H2,1H3,(H,23,25)/b14-11-/t17-/m0/s1. The second kappa shape index (κ2) is 10.7. The lowest BCUT2D eigenvalue weighted by Crippen LogP contribution is -2.47. The quantitative estimate of drug-likeness (QED) is 0.180. The number of carbonyl (C=O) groups is 2. The molecule has 2 rings (SSSR count). The van der Waals surface area contributed by atoms with Crippen molar-refractivity contribution in [3.8, 4) is 5.75 Å². The summed E-state index contributed by atoms with van der Waals surface area (Å²) in [6.45, 7) is 5.87. The summed E-state index contributed by atoms with van der Waals surface area (Å²) in [5.74, 6) is -0.0355. The first-order valence-electron chi connectivity index (χ1n) is 8.64. The van der Waals surface area contributed by atoms with E-state index in [0.29, 0.717) is 34.4 Å². The molecular formula is C19H19Cl3N2O3S2. The molecule has 1 heterocycles. The Morgan fingerprint density at radius 2 is 2.03 bits per heavy atom. The molecular weight excluding hydrogens is 475 g/mol. The molecule has 1 N–H and O–H groups in total. The smallest absolute Gasteiger partial charge is 0.266 e. The van der Waals surface area contributed by atoms with Crippen LogP contribution in [0.1, 0.15) is 25.3 Å². The van der Waals surface area contributed by atoms with E-state index in [1.165, 1.54) is 16.7 Å². The van der Waals surface area contributed by atoms with Gasteiger partial charge in [0.05, 0.1) is 4.91 Å². The number of alkyl halides is 3. The van der Waals surface area contributed by atoms with E-state index >= 15 is 0 Å². The summed E-state index contributed by atoms with van der Waals surface area (Å²) in [4.78, 5) is 26.2. The Labute approximate surface area is 194 Å². The van der Waals surface area contributed by atoms with Crippen LogP contribution in [-0.2, 0) is 9.59 Å². The minimum absolute atomic E-state index is 0.157. The number of carbonyl (C=O) groups excluding carboxylic acids is 2. The Kier molecular flexibility index (Phi) is 8.85. The van der Waals surface area contributed by atoms with Crippen LogP contribution in [-0.4, -0.2) is 37.6 Å². The average Bonchev–Trinajstić information content (AvgIpc) is 2.90. The number of thioether (sulfide) groups is 1. The highest BCUT2D eigenvalue weighted by atomic mass is 35.6. The fourth-order valence-corrected chi connectivity index (χ4v) is 3.91. The second-order valence-corrected chi connectivity index (χ2v) is 10.1. The van der Waals surface area contributed by atoms with Gasteiger partial charge in [-0.1, -0.05) is 83.9 Å². The molecule has 0 radical (unpaired) electrons. The third kappa shape index (κ3) is 6.89. The molecule has 1 fully saturated rings. The highest BCUT2D eigenvalue weighted by Gasteiger charge is 2.36. The first-order chi connectivity index (χ1) is 13.7. The number of hydrogen-bond donors (Lipinski definition) is 1. The summed E-state index contributed by atoms with van der Waals surface area (Å²) in [6.07, 6.45) is 3.17. The number of hydrogen-bond acceptors (Lipinski definition) is 5. The summed E-state index contributed by atoms with van der Waals surface area (Å²) in [6, 6.07) is 6.81. The number of halogens is 3. The number of nitrogens with zero attached hydrogens (tertiary/aromatic N) is 1. The van der Waals surface area contributed by atoms with Gasteiger partial charge in [0.2, 0.25) is 15.9 Å². The van der Waals surface area contributed by atoms with Crippen molar-refractivity contribution in [3.05, 3.63) is 47.4 Å². The van der Waals surface area contributed by atoms with Crippen LogP contribution in [0.3, 0.4) is 0 Å². The lowest BCUT2D eigenvalue weighted by molar-refractivity contribution is -0.123. The van der Waals surface area contributed by atoms with E-state index in [4.69, 9.17) is 51.8 Å². The summed E-state index contributed by atoms with van der Waals surface area (Å²) < 4.78 is 4.30. The molecule has 1 atom stereocenters. The van der Waals surface area contributed by atoms with E-state index in [0.717, 1.165) is 5.56 Å². The molecule has 0 bridgehead atoms. The molecule has 0 aliphatic carbocycles. The molecule has 1 aromatic carbocycles. The van der Waals surface area contributed by atoms with E-state index in [9.17, 15) is 9.59 Å². The van der Waals surface area contributed by atoms with E-state index < -0.39 is 10.0 Å². The van der Waals surface area contributed by atoms with Crippen LogP contribution >= 0.6 is 58.8 Å². The van der Waals surface area contributed by atoms with Gasteiger partial charge in [0.15, 0.2) is 0 Å². The van der Waals surface area contributed by atoms with Crippen LogP contribution in [0.2, 0.25) is 0 Å². The Bertz CT molecular complexity index is 823. The number of benzene rings is 1. The van der Waals surface area contributed by atoms with Crippen molar-refractivity contribution in [2.24, 2.45) is 0 Å². The molecule has 10 heteroatoms. The van der Waals surface area contributed by atoms with Crippen LogP contribution < -0.4 is 10.1 Å². The molecule has 1 aliphatic rings. The van der Waals surface area contributed by atoms with E-state index in [2.05, 4.69) is 11.9 Å². The molecule has 2 amide bonds. The minimum atomic E-state index is -1.85. The largest absolute Gasteiger partial charge is 0.466 e. The molecule has 1 aliphatic heterocycles. The fourth-order valence-electron chi connectivity index (χ4n) is 2.34. The molecule has 1 aromatic rings. The van der Waals surface area contributed by atoms with Gasteiger partial charge in [0.25, 0.3) is 5.91 Å². The number of nitrogens with one attached hydrogen (secondary N) is 1. The number of rotatable bonds is 8. The Morgan fingerprint density at radius 3 is 2.59 bits per heavy atom. The Balaban J connectivity index is 2.11. The zero-order chi connectivity index (χ0) is 21.6. The van der Waals surface area contributed by atoms with Crippen molar-refractivity contribution in [3.63, 3.8) is 0 Å². The van der Waals surface area contributed by atoms with Gasteiger partial charge in [-0.2, -0.15) is 0 Å². The van der Waals surface area contributed by atoms with Gasteiger partial charge >= 0.3 is 0 Å². The topological polar surface area (TPSA) is 58.6 Å². The lowest BCUT2D eigenvalue weighted by Gasteiger charge is -2.26. The van der Waals surface area contributed by atoms with Crippen molar-refractivity contribution in [1.82, 2.24) is 10.2 Å². The molecule has 0 spiro atoms. The first-order valence-corrected chi connectivity index (χ1v) is 11.0. The van der Waals surface area contributed by atoms with Gasteiger partial charge in [0.1, 0.15) is 10.1 Å². The fraction of sp³-hybridized carbons (Fsp3) is 0.316. The van der Waals surface area contributed by atoms with Gasteiger partial charge in [-0.3, -0.25) is 14.5 Å².